The van der Waals surface area contributed by atoms with Crippen LogP contribution >= 0.6 is 0 Å². The van der Waals surface area contributed by atoms with Gasteiger partial charge in [-0.3, -0.25) is 9.59 Å². The van der Waals surface area contributed by atoms with Crippen molar-refractivity contribution in [2.75, 3.05) is 14.1 Å². The number of benzene rings is 2. The van der Waals surface area contributed by atoms with Crippen LogP contribution in [0.15, 0.2) is 54.6 Å². The Morgan fingerprint density at radius 2 is 1.52 bits per heavy atom. The maximum atomic E-state index is 12.8. The smallest absolute Gasteiger partial charge is 0.272 e. The summed E-state index contributed by atoms with van der Waals surface area (Å²) in [5, 5.41) is 2.75. The molecule has 0 spiro atoms. The Balaban J connectivity index is 2.21. The van der Waals surface area contributed by atoms with E-state index in [0.717, 1.165) is 11.1 Å². The monoisotopic (exact) mass is 280 g/mol. The molecule has 1 aliphatic heterocycles. The number of carbonyl (C=O) groups excluding carboxylic acids is 2. The highest BCUT2D eigenvalue weighted by Gasteiger charge is 2.40. The zero-order valence-corrected chi connectivity index (χ0v) is 12.0. The minimum atomic E-state index is -0.442. The third-order valence-electron chi connectivity index (χ3n) is 3.68. The number of hydrogen-bond acceptors (Lipinski definition) is 3. The van der Waals surface area contributed by atoms with Gasteiger partial charge in [0.05, 0.1) is 5.92 Å². The van der Waals surface area contributed by atoms with Crippen molar-refractivity contribution >= 4 is 11.8 Å². The molecule has 0 radical (unpaired) electrons. The second-order valence-electron chi connectivity index (χ2n) is 5.23. The first-order chi connectivity index (χ1) is 10.1. The maximum absolute atomic E-state index is 12.8. The van der Waals surface area contributed by atoms with E-state index in [0.29, 0.717) is 5.56 Å². The summed E-state index contributed by atoms with van der Waals surface area (Å²) in [4.78, 5) is 25.3. The van der Waals surface area contributed by atoms with Crippen molar-refractivity contribution in [3.63, 3.8) is 0 Å². The number of rotatable bonds is 2. The largest absolute Gasteiger partial charge is 0.275 e. The molecular weight excluding hydrogens is 264 g/mol. The molecule has 1 aliphatic rings. The third kappa shape index (κ3) is 2.14. The van der Waals surface area contributed by atoms with E-state index in [1.165, 1.54) is 10.0 Å². The summed E-state index contributed by atoms with van der Waals surface area (Å²) in [5.74, 6) is -0.926. The van der Waals surface area contributed by atoms with E-state index in [1.54, 1.807) is 20.2 Å². The molecule has 0 aliphatic carbocycles. The number of hydrazine groups is 1. The summed E-state index contributed by atoms with van der Waals surface area (Å²) in [5.41, 5.74) is 2.26. The quantitative estimate of drug-likeness (QED) is 0.792. The van der Waals surface area contributed by atoms with Crippen LogP contribution in [0, 0.1) is 0 Å². The Morgan fingerprint density at radius 1 is 0.905 bits per heavy atom. The summed E-state index contributed by atoms with van der Waals surface area (Å²) in [6, 6.07) is 16.9. The highest BCUT2D eigenvalue weighted by atomic mass is 16.2. The number of hydrogen-bond donors (Lipinski definition) is 0. The molecular formula is C17H16N2O2. The lowest BCUT2D eigenvalue weighted by molar-refractivity contribution is -0.140. The van der Waals surface area contributed by atoms with Crippen LogP contribution in [-0.2, 0) is 4.79 Å². The molecule has 21 heavy (non-hydrogen) atoms. The van der Waals surface area contributed by atoms with E-state index in [1.807, 2.05) is 48.5 Å². The molecule has 2 aromatic carbocycles. The average molecular weight is 280 g/mol. The lowest BCUT2D eigenvalue weighted by Crippen LogP contribution is -2.51. The number of amides is 2. The molecule has 0 bridgehead atoms. The van der Waals surface area contributed by atoms with Crippen molar-refractivity contribution in [1.29, 1.82) is 0 Å². The summed E-state index contributed by atoms with van der Waals surface area (Å²) >= 11 is 0. The van der Waals surface area contributed by atoms with Crippen LogP contribution in [0.25, 0.3) is 0 Å². The molecule has 1 heterocycles. The number of nitrogens with zero attached hydrogens (tertiary/aromatic N) is 2. The van der Waals surface area contributed by atoms with Gasteiger partial charge >= 0.3 is 0 Å². The van der Waals surface area contributed by atoms with Gasteiger partial charge in [0, 0.05) is 19.7 Å². The molecule has 2 aromatic rings. The molecule has 0 aromatic heterocycles. The lowest BCUT2D eigenvalue weighted by atomic mass is 9.84. The molecule has 3 rings (SSSR count). The first kappa shape index (κ1) is 13.5. The summed E-state index contributed by atoms with van der Waals surface area (Å²) in [6.45, 7) is 0. The lowest BCUT2D eigenvalue weighted by Gasteiger charge is -2.35. The number of imide groups is 1. The van der Waals surface area contributed by atoms with Crippen LogP contribution in [0.2, 0.25) is 0 Å². The van der Waals surface area contributed by atoms with Crippen molar-refractivity contribution in [2.45, 2.75) is 5.92 Å². The average Bonchev–Trinajstić information content (AvgIpc) is 2.48. The van der Waals surface area contributed by atoms with Gasteiger partial charge in [-0.2, -0.15) is 0 Å². The van der Waals surface area contributed by atoms with Crippen LogP contribution in [0.1, 0.15) is 27.4 Å². The molecule has 1 atom stereocenters. The predicted octanol–water partition coefficient (Wildman–Crippen LogP) is 2.28. The van der Waals surface area contributed by atoms with Gasteiger partial charge in [-0.15, -0.1) is 0 Å². The Morgan fingerprint density at radius 3 is 2.19 bits per heavy atom. The molecule has 2 amide bonds. The van der Waals surface area contributed by atoms with Crippen molar-refractivity contribution < 1.29 is 9.59 Å². The van der Waals surface area contributed by atoms with Crippen LogP contribution in [0.3, 0.4) is 0 Å². The van der Waals surface area contributed by atoms with Gasteiger partial charge in [-0.25, -0.2) is 10.0 Å². The molecule has 0 saturated heterocycles. The van der Waals surface area contributed by atoms with E-state index in [2.05, 4.69) is 0 Å². The van der Waals surface area contributed by atoms with Gasteiger partial charge in [-0.05, 0) is 17.2 Å². The van der Waals surface area contributed by atoms with E-state index >= 15 is 0 Å². The standard InChI is InChI=1S/C17H16N2O2/c1-18(2)19-16(20)14-11-7-6-10-13(14)15(17(19)21)12-8-4-3-5-9-12/h3-11,15H,1-2H3. The fraction of sp³-hybridized carbons (Fsp3) is 0.176. The number of carbonyl (C=O) groups is 2. The Hall–Kier alpha value is -2.46. The topological polar surface area (TPSA) is 40.6 Å². The van der Waals surface area contributed by atoms with E-state index in [9.17, 15) is 9.59 Å². The van der Waals surface area contributed by atoms with Gasteiger partial charge in [0.1, 0.15) is 0 Å². The first-order valence-corrected chi connectivity index (χ1v) is 6.80. The van der Waals surface area contributed by atoms with Crippen LogP contribution < -0.4 is 0 Å². The maximum Gasteiger partial charge on any atom is 0.275 e. The van der Waals surface area contributed by atoms with Crippen molar-refractivity contribution in [2.24, 2.45) is 0 Å². The fourth-order valence-corrected chi connectivity index (χ4v) is 2.76. The molecule has 4 nitrogen and oxygen atoms in total. The Labute approximate surface area is 123 Å². The molecule has 0 fully saturated rings. The van der Waals surface area contributed by atoms with Gasteiger partial charge in [0.25, 0.3) is 11.8 Å². The van der Waals surface area contributed by atoms with Crippen LogP contribution in [0.5, 0.6) is 0 Å². The Bertz CT molecular complexity index is 695. The van der Waals surface area contributed by atoms with E-state index in [4.69, 9.17) is 0 Å². The van der Waals surface area contributed by atoms with Crippen molar-refractivity contribution in [1.82, 2.24) is 10.0 Å². The molecule has 1 unspecified atom stereocenters. The van der Waals surface area contributed by atoms with Gasteiger partial charge < -0.3 is 0 Å². The first-order valence-electron chi connectivity index (χ1n) is 6.80. The Kier molecular flexibility index (Phi) is 3.31. The van der Waals surface area contributed by atoms with Crippen molar-refractivity contribution in [3.8, 4) is 0 Å². The van der Waals surface area contributed by atoms with Gasteiger partial charge in [0.2, 0.25) is 0 Å². The van der Waals surface area contributed by atoms with Crippen molar-refractivity contribution in [3.05, 3.63) is 71.3 Å². The minimum Gasteiger partial charge on any atom is -0.272 e. The van der Waals surface area contributed by atoms with Gasteiger partial charge in [0.15, 0.2) is 0 Å². The SMILES string of the molecule is CN(C)N1C(=O)c2ccccc2C(c2ccccc2)C1=O. The molecule has 0 saturated carbocycles. The minimum absolute atomic E-state index is 0.213. The van der Waals surface area contributed by atoms with Crippen LogP contribution in [-0.4, -0.2) is 35.9 Å². The molecule has 4 heteroatoms. The summed E-state index contributed by atoms with van der Waals surface area (Å²) in [7, 11) is 3.40. The predicted molar refractivity (Wildman–Crippen MR) is 79.6 cm³/mol. The second kappa shape index (κ2) is 5.14. The van der Waals surface area contributed by atoms with E-state index < -0.39 is 5.92 Å². The number of fused-ring (bicyclic) bond motifs is 1. The van der Waals surface area contributed by atoms with E-state index in [-0.39, 0.29) is 11.8 Å². The van der Waals surface area contributed by atoms with Gasteiger partial charge in [-0.1, -0.05) is 48.5 Å². The molecule has 106 valence electrons. The zero-order valence-electron chi connectivity index (χ0n) is 12.0. The highest BCUT2D eigenvalue weighted by molar-refractivity contribution is 6.12. The zero-order chi connectivity index (χ0) is 15.0. The normalized spacial score (nSPS) is 18.0. The van der Waals surface area contributed by atoms with Crippen LogP contribution in [0.4, 0.5) is 0 Å². The second-order valence-corrected chi connectivity index (χ2v) is 5.23. The highest BCUT2D eigenvalue weighted by Crippen LogP contribution is 2.34. The third-order valence-corrected chi connectivity index (χ3v) is 3.68. The summed E-state index contributed by atoms with van der Waals surface area (Å²) < 4.78 is 0. The molecule has 0 N–H and O–H groups in total. The fourth-order valence-electron chi connectivity index (χ4n) is 2.76. The summed E-state index contributed by atoms with van der Waals surface area (Å²) in [6.07, 6.45) is 0.